The van der Waals surface area contributed by atoms with Gasteiger partial charge in [0.05, 0.1) is 28.7 Å². The molecule has 8 nitrogen and oxygen atoms in total. The van der Waals surface area contributed by atoms with Crippen molar-refractivity contribution in [1.82, 2.24) is 24.6 Å². The van der Waals surface area contributed by atoms with Crippen LogP contribution in [0.25, 0.3) is 5.69 Å². The summed E-state index contributed by atoms with van der Waals surface area (Å²) in [6, 6.07) is 10.6. The highest BCUT2D eigenvalue weighted by atomic mass is 79.9. The quantitative estimate of drug-likeness (QED) is 0.636. The van der Waals surface area contributed by atoms with Crippen molar-refractivity contribution in [3.8, 4) is 5.69 Å². The molecule has 1 aliphatic heterocycles. The number of H-pyrrole nitrogens is 1. The number of carbonyl (C=O) groups is 2. The smallest absolute Gasteiger partial charge is 0.257 e. The number of pyridine rings is 1. The molecule has 0 saturated carbocycles. The van der Waals surface area contributed by atoms with E-state index in [-0.39, 0.29) is 17.4 Å². The standard InChI is InChI=1S/C21H20BrN5O3/c1-14-18(13-24-27(14)17-5-3-16(22)4-6-17)21(30)26-10-8-25(9-11-26)20(29)15-2-7-19(28)23-12-15/h2-7,12-13H,8-11H2,1H3,(H,23,28). The lowest BCUT2D eigenvalue weighted by atomic mass is 10.2. The monoisotopic (exact) mass is 469 g/mol. The van der Waals surface area contributed by atoms with E-state index in [1.165, 1.54) is 18.3 Å². The zero-order valence-corrected chi connectivity index (χ0v) is 17.9. The summed E-state index contributed by atoms with van der Waals surface area (Å²) >= 11 is 3.42. The molecular formula is C21H20BrN5O3. The van der Waals surface area contributed by atoms with Gasteiger partial charge < -0.3 is 14.8 Å². The Morgan fingerprint density at radius 3 is 2.20 bits per heavy atom. The molecule has 0 atom stereocenters. The first kappa shape index (κ1) is 20.1. The van der Waals surface area contributed by atoms with Crippen molar-refractivity contribution < 1.29 is 9.59 Å². The molecule has 2 amide bonds. The van der Waals surface area contributed by atoms with E-state index in [2.05, 4.69) is 26.0 Å². The van der Waals surface area contributed by atoms with Gasteiger partial charge in [-0.25, -0.2) is 4.68 Å². The van der Waals surface area contributed by atoms with Gasteiger partial charge in [-0.15, -0.1) is 0 Å². The molecule has 4 rings (SSSR count). The van der Waals surface area contributed by atoms with Gasteiger partial charge in [0.25, 0.3) is 11.8 Å². The maximum Gasteiger partial charge on any atom is 0.257 e. The number of aromatic amines is 1. The van der Waals surface area contributed by atoms with Crippen LogP contribution < -0.4 is 5.56 Å². The molecule has 9 heteroatoms. The molecule has 1 fully saturated rings. The van der Waals surface area contributed by atoms with Crippen LogP contribution in [0.1, 0.15) is 26.4 Å². The molecular weight excluding hydrogens is 450 g/mol. The normalized spacial score (nSPS) is 14.1. The van der Waals surface area contributed by atoms with Crippen molar-refractivity contribution in [2.45, 2.75) is 6.92 Å². The molecule has 2 aromatic heterocycles. The Bertz CT molecular complexity index is 1120. The van der Waals surface area contributed by atoms with E-state index in [4.69, 9.17) is 0 Å². The second kappa shape index (κ2) is 8.27. The fourth-order valence-electron chi connectivity index (χ4n) is 3.47. The average molecular weight is 470 g/mol. The highest BCUT2D eigenvalue weighted by Crippen LogP contribution is 2.19. The van der Waals surface area contributed by atoms with E-state index >= 15 is 0 Å². The predicted molar refractivity (Wildman–Crippen MR) is 115 cm³/mol. The number of benzene rings is 1. The third-order valence-corrected chi connectivity index (χ3v) is 5.73. The number of piperazine rings is 1. The van der Waals surface area contributed by atoms with Gasteiger partial charge in [0.15, 0.2) is 0 Å². The Morgan fingerprint density at radius 2 is 1.60 bits per heavy atom. The van der Waals surface area contributed by atoms with Gasteiger partial charge in [-0.3, -0.25) is 14.4 Å². The van der Waals surface area contributed by atoms with E-state index in [1.807, 2.05) is 31.2 Å². The number of nitrogens with one attached hydrogen (secondary N) is 1. The van der Waals surface area contributed by atoms with Gasteiger partial charge in [0.1, 0.15) is 0 Å². The van der Waals surface area contributed by atoms with Gasteiger partial charge in [-0.2, -0.15) is 5.10 Å². The summed E-state index contributed by atoms with van der Waals surface area (Å²) in [6.45, 7) is 3.62. The van der Waals surface area contributed by atoms with E-state index in [0.29, 0.717) is 37.3 Å². The molecule has 3 heterocycles. The summed E-state index contributed by atoms with van der Waals surface area (Å²) in [5, 5.41) is 4.38. The van der Waals surface area contributed by atoms with Crippen molar-refractivity contribution >= 4 is 27.7 Å². The van der Waals surface area contributed by atoms with E-state index < -0.39 is 0 Å². The third-order valence-electron chi connectivity index (χ3n) is 5.20. The molecule has 0 radical (unpaired) electrons. The van der Waals surface area contributed by atoms with E-state index in [0.717, 1.165) is 15.9 Å². The van der Waals surface area contributed by atoms with Crippen LogP contribution in [0, 0.1) is 6.92 Å². The van der Waals surface area contributed by atoms with E-state index in [1.54, 1.807) is 20.7 Å². The van der Waals surface area contributed by atoms with Crippen molar-refractivity contribution in [2.75, 3.05) is 26.2 Å². The largest absolute Gasteiger partial charge is 0.335 e. The topological polar surface area (TPSA) is 91.3 Å². The molecule has 0 unspecified atom stereocenters. The van der Waals surface area contributed by atoms with Crippen molar-refractivity contribution in [2.24, 2.45) is 0 Å². The SMILES string of the molecule is Cc1c(C(=O)N2CCN(C(=O)c3ccc(=O)[nH]c3)CC2)cnn1-c1ccc(Br)cc1. The Kier molecular flexibility index (Phi) is 5.54. The summed E-state index contributed by atoms with van der Waals surface area (Å²) < 4.78 is 2.72. The maximum atomic E-state index is 13.0. The van der Waals surface area contributed by atoms with Crippen molar-refractivity contribution in [3.63, 3.8) is 0 Å². The van der Waals surface area contributed by atoms with Gasteiger partial charge in [0, 0.05) is 42.9 Å². The number of nitrogens with zero attached hydrogens (tertiary/aromatic N) is 4. The van der Waals surface area contributed by atoms with Crippen molar-refractivity contribution in [3.05, 3.63) is 80.4 Å². The highest BCUT2D eigenvalue weighted by molar-refractivity contribution is 9.10. The molecule has 0 aliphatic carbocycles. The highest BCUT2D eigenvalue weighted by Gasteiger charge is 2.27. The lowest BCUT2D eigenvalue weighted by Crippen LogP contribution is -2.50. The number of hydrogen-bond donors (Lipinski definition) is 1. The average Bonchev–Trinajstić information content (AvgIpc) is 3.15. The summed E-state index contributed by atoms with van der Waals surface area (Å²) in [5.74, 6) is -0.246. The first-order valence-corrected chi connectivity index (χ1v) is 10.3. The number of halogens is 1. The summed E-state index contributed by atoms with van der Waals surface area (Å²) in [7, 11) is 0. The minimum atomic E-state index is -0.249. The molecule has 1 aliphatic rings. The van der Waals surface area contributed by atoms with Gasteiger partial charge in [-0.05, 0) is 37.3 Å². The van der Waals surface area contributed by atoms with Crippen LogP contribution in [0.3, 0.4) is 0 Å². The van der Waals surface area contributed by atoms with Crippen LogP contribution in [0.2, 0.25) is 0 Å². The van der Waals surface area contributed by atoms with Gasteiger partial charge in [-0.1, -0.05) is 15.9 Å². The maximum absolute atomic E-state index is 13.0. The van der Waals surface area contributed by atoms with Gasteiger partial charge >= 0.3 is 0 Å². The fraction of sp³-hybridized carbons (Fsp3) is 0.238. The van der Waals surface area contributed by atoms with Gasteiger partial charge in [0.2, 0.25) is 5.56 Å². The molecule has 1 aromatic carbocycles. The second-order valence-corrected chi connectivity index (χ2v) is 7.97. The number of carbonyl (C=O) groups excluding carboxylic acids is 2. The molecule has 0 bridgehead atoms. The van der Waals surface area contributed by atoms with Crippen LogP contribution in [0.15, 0.2) is 58.1 Å². The molecule has 1 N–H and O–H groups in total. The number of aromatic nitrogens is 3. The van der Waals surface area contributed by atoms with Crippen LogP contribution in [-0.4, -0.2) is 62.6 Å². The summed E-state index contributed by atoms with van der Waals surface area (Å²) in [6.07, 6.45) is 3.01. The summed E-state index contributed by atoms with van der Waals surface area (Å²) in [5.41, 5.74) is 2.39. The third kappa shape index (κ3) is 3.93. The minimum Gasteiger partial charge on any atom is -0.335 e. The van der Waals surface area contributed by atoms with Crippen LogP contribution in [0.5, 0.6) is 0 Å². The first-order chi connectivity index (χ1) is 14.4. The molecule has 30 heavy (non-hydrogen) atoms. The Labute approximate surface area is 181 Å². The first-order valence-electron chi connectivity index (χ1n) is 9.52. The minimum absolute atomic E-state index is 0.0907. The number of amides is 2. The Balaban J connectivity index is 1.43. The van der Waals surface area contributed by atoms with E-state index in [9.17, 15) is 14.4 Å². The lowest BCUT2D eigenvalue weighted by molar-refractivity contribution is 0.0534. The predicted octanol–water partition coefficient (Wildman–Crippen LogP) is 2.23. The van der Waals surface area contributed by atoms with Crippen LogP contribution in [-0.2, 0) is 0 Å². The zero-order chi connectivity index (χ0) is 21.3. The van der Waals surface area contributed by atoms with Crippen LogP contribution >= 0.6 is 15.9 Å². The number of rotatable bonds is 3. The molecule has 1 saturated heterocycles. The molecule has 0 spiro atoms. The molecule has 154 valence electrons. The molecule has 3 aromatic rings. The fourth-order valence-corrected chi connectivity index (χ4v) is 3.74. The Morgan fingerprint density at radius 1 is 0.967 bits per heavy atom. The Hall–Kier alpha value is -3.20. The lowest BCUT2D eigenvalue weighted by Gasteiger charge is -2.34. The summed E-state index contributed by atoms with van der Waals surface area (Å²) in [4.78, 5) is 42.7. The zero-order valence-electron chi connectivity index (χ0n) is 16.3. The number of hydrogen-bond acceptors (Lipinski definition) is 4. The van der Waals surface area contributed by atoms with Crippen molar-refractivity contribution in [1.29, 1.82) is 0 Å². The second-order valence-electron chi connectivity index (χ2n) is 7.06. The van der Waals surface area contributed by atoms with Crippen LogP contribution in [0.4, 0.5) is 0 Å².